The molecule has 182 valence electrons. The fourth-order valence-corrected chi connectivity index (χ4v) is 3.99. The fraction of sp³-hybridized carbons (Fsp3) is 0.500. The van der Waals surface area contributed by atoms with Gasteiger partial charge in [0, 0.05) is 29.2 Å². The van der Waals surface area contributed by atoms with Crippen LogP contribution < -0.4 is 16.0 Å². The Morgan fingerprint density at radius 3 is 2.15 bits per heavy atom. The number of aliphatic carboxylic acids is 1. The summed E-state index contributed by atoms with van der Waals surface area (Å²) >= 11 is 0. The van der Waals surface area contributed by atoms with E-state index < -0.39 is 12.1 Å². The van der Waals surface area contributed by atoms with Crippen molar-refractivity contribution in [3.63, 3.8) is 0 Å². The number of hydrogen-bond donors (Lipinski definition) is 4. The molecule has 1 saturated heterocycles. The van der Waals surface area contributed by atoms with Crippen LogP contribution in [0.15, 0.2) is 41.3 Å². The zero-order valence-electron chi connectivity index (χ0n) is 18.9. The summed E-state index contributed by atoms with van der Waals surface area (Å²) in [6.45, 7) is 9.20. The van der Waals surface area contributed by atoms with Gasteiger partial charge in [-0.2, -0.15) is 13.2 Å². The fourth-order valence-electron chi connectivity index (χ4n) is 3.99. The first-order valence-corrected chi connectivity index (χ1v) is 10.3. The van der Waals surface area contributed by atoms with Crippen molar-refractivity contribution in [3.05, 3.63) is 42.4 Å². The number of carbonyl (C=O) groups is 2. The van der Waals surface area contributed by atoms with Crippen molar-refractivity contribution in [2.45, 2.75) is 70.4 Å². The monoisotopic (exact) mass is 470 g/mol. The maximum Gasteiger partial charge on any atom is 0.490 e. The Kier molecular flexibility index (Phi) is 8.12. The molecule has 0 radical (unpaired) electrons. The van der Waals surface area contributed by atoms with Crippen LogP contribution in [-0.2, 0) is 11.3 Å². The highest BCUT2D eigenvalue weighted by molar-refractivity contribution is 5.74. The van der Waals surface area contributed by atoms with Crippen molar-refractivity contribution in [1.29, 1.82) is 0 Å². The van der Waals surface area contributed by atoms with Gasteiger partial charge in [-0.1, -0.05) is 24.3 Å². The number of halogens is 3. The molecule has 0 spiro atoms. The van der Waals surface area contributed by atoms with E-state index in [1.54, 1.807) is 6.20 Å². The number of nitrogens with zero attached hydrogens (tertiary/aromatic N) is 1. The number of hydrogen-bond acceptors (Lipinski definition) is 5. The van der Waals surface area contributed by atoms with Gasteiger partial charge >= 0.3 is 18.2 Å². The van der Waals surface area contributed by atoms with Crippen LogP contribution in [0.3, 0.4) is 0 Å². The highest BCUT2D eigenvalue weighted by atomic mass is 19.4. The van der Waals surface area contributed by atoms with Crippen LogP contribution in [0.2, 0.25) is 0 Å². The first-order chi connectivity index (χ1) is 15.2. The lowest BCUT2D eigenvalue weighted by atomic mass is 9.80. The number of carbonyl (C=O) groups excluding carboxylic acids is 1. The van der Waals surface area contributed by atoms with Gasteiger partial charge in [0.2, 0.25) is 0 Å². The van der Waals surface area contributed by atoms with Crippen molar-refractivity contribution in [2.75, 3.05) is 0 Å². The molecular formula is C22H29F3N4O4. The van der Waals surface area contributed by atoms with Gasteiger partial charge in [0.1, 0.15) is 0 Å². The largest absolute Gasteiger partial charge is 0.490 e. The van der Waals surface area contributed by atoms with Crippen LogP contribution in [0.4, 0.5) is 18.0 Å². The van der Waals surface area contributed by atoms with Crippen LogP contribution in [0.25, 0.3) is 11.3 Å². The summed E-state index contributed by atoms with van der Waals surface area (Å²) in [5, 5.41) is 16.8. The number of nitrogens with one attached hydrogen (secondary N) is 3. The maximum atomic E-state index is 12.3. The van der Waals surface area contributed by atoms with Gasteiger partial charge in [0.15, 0.2) is 12.2 Å². The number of alkyl halides is 3. The molecule has 1 aliphatic heterocycles. The first kappa shape index (κ1) is 26.2. The van der Waals surface area contributed by atoms with Gasteiger partial charge in [-0.15, -0.1) is 0 Å². The highest BCUT2D eigenvalue weighted by Gasteiger charge is 2.39. The molecule has 2 heterocycles. The number of urea groups is 1. The van der Waals surface area contributed by atoms with Crippen LogP contribution >= 0.6 is 0 Å². The molecule has 11 heteroatoms. The molecule has 0 atom stereocenters. The average Bonchev–Trinajstić information content (AvgIpc) is 3.18. The van der Waals surface area contributed by atoms with Crippen LogP contribution in [0.5, 0.6) is 0 Å². The molecule has 2 amide bonds. The molecule has 0 unspecified atom stereocenters. The van der Waals surface area contributed by atoms with Crippen molar-refractivity contribution in [2.24, 2.45) is 0 Å². The SMILES string of the molecule is CC1(C)CC(NC(=O)NCc2ccc(-c3cnco3)cc2)CC(C)(C)N1.O=C(O)C(F)(F)F. The molecule has 1 aliphatic rings. The Balaban J connectivity index is 0.000000479. The molecule has 4 N–H and O–H groups in total. The zero-order chi connectivity index (χ0) is 24.9. The van der Waals surface area contributed by atoms with Crippen LogP contribution in [0.1, 0.15) is 46.1 Å². The van der Waals surface area contributed by atoms with E-state index >= 15 is 0 Å². The second kappa shape index (κ2) is 10.2. The summed E-state index contributed by atoms with van der Waals surface area (Å²) in [5.74, 6) is -2.02. The number of carboxylic acids is 1. The Bertz CT molecular complexity index is 910. The summed E-state index contributed by atoms with van der Waals surface area (Å²) < 4.78 is 37.0. The molecule has 0 saturated carbocycles. The lowest BCUT2D eigenvalue weighted by Crippen LogP contribution is -2.62. The summed E-state index contributed by atoms with van der Waals surface area (Å²) in [7, 11) is 0. The third-order valence-corrected chi connectivity index (χ3v) is 4.89. The third kappa shape index (κ3) is 8.76. The van der Waals surface area contributed by atoms with Crippen LogP contribution in [-0.4, -0.2) is 45.4 Å². The lowest BCUT2D eigenvalue weighted by Gasteiger charge is -2.46. The van der Waals surface area contributed by atoms with Gasteiger partial charge in [-0.05, 0) is 46.1 Å². The van der Waals surface area contributed by atoms with E-state index in [9.17, 15) is 18.0 Å². The molecule has 1 aromatic carbocycles. The number of carboxylic acid groups (broad SMARTS) is 1. The molecule has 33 heavy (non-hydrogen) atoms. The van der Waals surface area contributed by atoms with Crippen LogP contribution in [0, 0.1) is 0 Å². The summed E-state index contributed by atoms with van der Waals surface area (Å²) in [6.07, 6.45) is -0.160. The molecule has 1 fully saturated rings. The minimum Gasteiger partial charge on any atom is -0.475 e. The summed E-state index contributed by atoms with van der Waals surface area (Å²) in [6, 6.07) is 7.93. The number of benzene rings is 1. The minimum atomic E-state index is -5.08. The normalized spacial score (nSPS) is 17.4. The van der Waals surface area contributed by atoms with Gasteiger partial charge in [-0.25, -0.2) is 14.6 Å². The topological polar surface area (TPSA) is 116 Å². The van der Waals surface area contributed by atoms with Crippen molar-refractivity contribution in [1.82, 2.24) is 20.9 Å². The predicted molar refractivity (Wildman–Crippen MR) is 115 cm³/mol. The van der Waals surface area contributed by atoms with Crippen molar-refractivity contribution < 1.29 is 32.3 Å². The molecule has 0 aliphatic carbocycles. The minimum absolute atomic E-state index is 0.0102. The van der Waals surface area contributed by atoms with Crippen molar-refractivity contribution in [3.8, 4) is 11.3 Å². The van der Waals surface area contributed by atoms with Gasteiger partial charge in [0.25, 0.3) is 0 Å². The van der Waals surface area contributed by atoms with E-state index in [4.69, 9.17) is 14.3 Å². The van der Waals surface area contributed by atoms with Crippen molar-refractivity contribution >= 4 is 12.0 Å². The number of rotatable bonds is 4. The average molecular weight is 470 g/mol. The Morgan fingerprint density at radius 1 is 1.15 bits per heavy atom. The van der Waals surface area contributed by atoms with E-state index in [1.807, 2.05) is 24.3 Å². The number of oxazole rings is 1. The number of amides is 2. The predicted octanol–water partition coefficient (Wildman–Crippen LogP) is 4.08. The van der Waals surface area contributed by atoms with E-state index in [0.717, 1.165) is 29.7 Å². The Hall–Kier alpha value is -3.08. The smallest absolute Gasteiger partial charge is 0.475 e. The second-order valence-electron chi connectivity index (χ2n) is 9.19. The van der Waals surface area contributed by atoms with E-state index in [0.29, 0.717) is 6.54 Å². The molecule has 3 rings (SSSR count). The molecular weight excluding hydrogens is 441 g/mol. The van der Waals surface area contributed by atoms with E-state index in [1.165, 1.54) is 6.39 Å². The quantitative estimate of drug-likeness (QED) is 0.535. The molecule has 8 nitrogen and oxygen atoms in total. The van der Waals surface area contributed by atoms with Gasteiger partial charge in [0.05, 0.1) is 6.20 Å². The van der Waals surface area contributed by atoms with Gasteiger partial charge in [-0.3, -0.25) is 0 Å². The first-order valence-electron chi connectivity index (χ1n) is 10.3. The highest BCUT2D eigenvalue weighted by Crippen LogP contribution is 2.28. The lowest BCUT2D eigenvalue weighted by molar-refractivity contribution is -0.192. The molecule has 0 bridgehead atoms. The summed E-state index contributed by atoms with van der Waals surface area (Å²) in [5.41, 5.74) is 2.02. The molecule has 2 aromatic rings. The zero-order valence-corrected chi connectivity index (χ0v) is 18.9. The molecule has 1 aromatic heterocycles. The van der Waals surface area contributed by atoms with Gasteiger partial charge < -0.3 is 25.5 Å². The number of piperidine rings is 1. The third-order valence-electron chi connectivity index (χ3n) is 4.89. The Labute approximate surface area is 190 Å². The summed E-state index contributed by atoms with van der Waals surface area (Å²) in [4.78, 5) is 25.1. The second-order valence-corrected chi connectivity index (χ2v) is 9.19. The maximum absolute atomic E-state index is 12.3. The standard InChI is InChI=1S/C20H28N4O2.C2HF3O2/c1-19(2)9-16(10-20(3,4)24-19)23-18(25)22-11-14-5-7-15(8-6-14)17-12-21-13-26-17;3-2(4,5)1(6)7/h5-8,12-13,16,24H,9-11H2,1-4H3,(H2,22,23,25);(H,6,7). The van der Waals surface area contributed by atoms with E-state index in [-0.39, 0.29) is 23.2 Å². The van der Waals surface area contributed by atoms with E-state index in [2.05, 4.69) is 48.6 Å². The Morgan fingerprint density at radius 2 is 1.70 bits per heavy atom. The number of aromatic nitrogens is 1.